The Balaban J connectivity index is 0.00000180. The van der Waals surface area contributed by atoms with Crippen molar-refractivity contribution in [3.63, 3.8) is 0 Å². The predicted octanol–water partition coefficient (Wildman–Crippen LogP) is 1.76. The first kappa shape index (κ1) is 19.2. The van der Waals surface area contributed by atoms with Crippen LogP contribution in [0, 0.1) is 0 Å². The third kappa shape index (κ3) is 4.36. The number of aromatic nitrogens is 2. The normalized spacial score (nSPS) is 22.5. The Bertz CT molecular complexity index is 391. The van der Waals surface area contributed by atoms with Crippen LogP contribution < -0.4 is 10.6 Å². The SMILES string of the molecule is CCC1(C(=O)NC(C)Cn2ccnc2)CCCN1.Cl.Cl. The Morgan fingerprint density at radius 3 is 2.80 bits per heavy atom. The Hall–Kier alpha value is -0.780. The number of amides is 1. The summed E-state index contributed by atoms with van der Waals surface area (Å²) in [6.45, 7) is 5.79. The van der Waals surface area contributed by atoms with Crippen LogP contribution in [-0.4, -0.2) is 33.6 Å². The molecule has 0 saturated carbocycles. The van der Waals surface area contributed by atoms with Crippen molar-refractivity contribution in [3.05, 3.63) is 18.7 Å². The molecule has 1 aliphatic heterocycles. The molecule has 1 aromatic heterocycles. The highest BCUT2D eigenvalue weighted by atomic mass is 35.5. The number of hydrogen-bond acceptors (Lipinski definition) is 3. The largest absolute Gasteiger partial charge is 0.350 e. The van der Waals surface area contributed by atoms with E-state index in [0.29, 0.717) is 0 Å². The maximum absolute atomic E-state index is 12.3. The molecule has 7 heteroatoms. The second kappa shape index (κ2) is 8.49. The second-order valence-electron chi connectivity index (χ2n) is 5.10. The molecule has 0 radical (unpaired) electrons. The molecule has 2 atom stereocenters. The number of nitrogens with zero attached hydrogens (tertiary/aromatic N) is 2. The van der Waals surface area contributed by atoms with Gasteiger partial charge in [-0.25, -0.2) is 4.98 Å². The van der Waals surface area contributed by atoms with Gasteiger partial charge < -0.3 is 15.2 Å². The molecule has 2 heterocycles. The molecule has 2 N–H and O–H groups in total. The highest BCUT2D eigenvalue weighted by Crippen LogP contribution is 2.23. The van der Waals surface area contributed by atoms with Crippen LogP contribution in [0.25, 0.3) is 0 Å². The predicted molar refractivity (Wildman–Crippen MR) is 84.6 cm³/mol. The Morgan fingerprint density at radius 2 is 2.30 bits per heavy atom. The molecular formula is C13H24Cl2N4O. The third-order valence-electron chi connectivity index (χ3n) is 3.70. The first-order chi connectivity index (χ1) is 8.66. The molecule has 1 aromatic rings. The molecule has 1 aliphatic rings. The summed E-state index contributed by atoms with van der Waals surface area (Å²) in [5.41, 5.74) is -0.344. The van der Waals surface area contributed by atoms with E-state index in [-0.39, 0.29) is 42.3 Å². The van der Waals surface area contributed by atoms with Gasteiger partial charge in [-0.2, -0.15) is 0 Å². The molecule has 5 nitrogen and oxygen atoms in total. The second-order valence-corrected chi connectivity index (χ2v) is 5.10. The molecule has 0 aliphatic carbocycles. The fourth-order valence-corrected chi connectivity index (χ4v) is 2.58. The van der Waals surface area contributed by atoms with E-state index in [9.17, 15) is 4.79 Å². The lowest BCUT2D eigenvalue weighted by atomic mass is 9.93. The van der Waals surface area contributed by atoms with E-state index in [0.717, 1.165) is 32.4 Å². The minimum Gasteiger partial charge on any atom is -0.350 e. The third-order valence-corrected chi connectivity index (χ3v) is 3.70. The standard InChI is InChI=1S/C13H22N4O.2ClH/c1-3-13(5-4-6-15-13)12(18)16-11(2)9-17-8-7-14-10-17;;/h7-8,10-11,15H,3-6,9H2,1-2H3,(H,16,18);2*1H. The Kier molecular flexibility index (Phi) is 8.16. The molecule has 2 rings (SSSR count). The number of carbonyl (C=O) groups excluding carboxylic acids is 1. The molecule has 1 saturated heterocycles. The fourth-order valence-electron chi connectivity index (χ4n) is 2.58. The van der Waals surface area contributed by atoms with Crippen LogP contribution in [0.5, 0.6) is 0 Å². The number of imidazole rings is 1. The van der Waals surface area contributed by atoms with E-state index in [4.69, 9.17) is 0 Å². The van der Waals surface area contributed by atoms with Crippen molar-refractivity contribution in [2.24, 2.45) is 0 Å². The van der Waals surface area contributed by atoms with E-state index < -0.39 is 0 Å². The molecule has 116 valence electrons. The van der Waals surface area contributed by atoms with Crippen molar-refractivity contribution < 1.29 is 4.79 Å². The van der Waals surface area contributed by atoms with Crippen molar-refractivity contribution in [1.29, 1.82) is 0 Å². The van der Waals surface area contributed by atoms with Crippen molar-refractivity contribution in [3.8, 4) is 0 Å². The highest BCUT2D eigenvalue weighted by molar-refractivity contribution is 5.86. The van der Waals surface area contributed by atoms with E-state index in [2.05, 4.69) is 22.5 Å². The van der Waals surface area contributed by atoms with Gasteiger partial charge >= 0.3 is 0 Å². The lowest BCUT2D eigenvalue weighted by Crippen LogP contribution is -2.55. The topological polar surface area (TPSA) is 59.0 Å². The highest BCUT2D eigenvalue weighted by Gasteiger charge is 2.39. The van der Waals surface area contributed by atoms with Gasteiger partial charge in [0.05, 0.1) is 11.9 Å². The Morgan fingerprint density at radius 1 is 1.55 bits per heavy atom. The summed E-state index contributed by atoms with van der Waals surface area (Å²) in [4.78, 5) is 16.3. The van der Waals surface area contributed by atoms with Crippen LogP contribution in [0.3, 0.4) is 0 Å². The summed E-state index contributed by atoms with van der Waals surface area (Å²) in [5.74, 6) is 0.134. The van der Waals surface area contributed by atoms with Crippen LogP contribution in [0.1, 0.15) is 33.1 Å². The van der Waals surface area contributed by atoms with Gasteiger partial charge in [0, 0.05) is 25.0 Å². The lowest BCUT2D eigenvalue weighted by molar-refractivity contribution is -0.128. The minimum atomic E-state index is -0.344. The summed E-state index contributed by atoms with van der Waals surface area (Å²) in [6.07, 6.45) is 8.29. The molecule has 0 aromatic carbocycles. The molecule has 20 heavy (non-hydrogen) atoms. The average Bonchev–Trinajstić information content (AvgIpc) is 2.99. The number of carbonyl (C=O) groups is 1. The molecular weight excluding hydrogens is 299 g/mol. The van der Waals surface area contributed by atoms with Crippen molar-refractivity contribution in [2.45, 2.75) is 51.2 Å². The summed E-state index contributed by atoms with van der Waals surface area (Å²) < 4.78 is 1.98. The Labute approximate surface area is 132 Å². The van der Waals surface area contributed by atoms with Gasteiger partial charge in [-0.1, -0.05) is 6.92 Å². The van der Waals surface area contributed by atoms with Gasteiger partial charge in [0.2, 0.25) is 5.91 Å². The fraction of sp³-hybridized carbons (Fsp3) is 0.692. The first-order valence-corrected chi connectivity index (χ1v) is 6.68. The number of halogens is 2. The van der Waals surface area contributed by atoms with Gasteiger partial charge in [-0.15, -0.1) is 24.8 Å². The van der Waals surface area contributed by atoms with E-state index in [1.54, 1.807) is 12.5 Å². The quantitative estimate of drug-likeness (QED) is 0.868. The summed E-state index contributed by atoms with van der Waals surface area (Å²) in [6, 6.07) is 0.109. The summed E-state index contributed by atoms with van der Waals surface area (Å²) >= 11 is 0. The van der Waals surface area contributed by atoms with Crippen LogP contribution in [0.2, 0.25) is 0 Å². The number of rotatable bonds is 5. The lowest BCUT2D eigenvalue weighted by Gasteiger charge is -2.28. The summed E-state index contributed by atoms with van der Waals surface area (Å²) in [7, 11) is 0. The summed E-state index contributed by atoms with van der Waals surface area (Å²) in [5, 5.41) is 6.45. The van der Waals surface area contributed by atoms with Gasteiger partial charge in [0.25, 0.3) is 0 Å². The smallest absolute Gasteiger partial charge is 0.240 e. The minimum absolute atomic E-state index is 0. The van der Waals surface area contributed by atoms with Crippen molar-refractivity contribution >= 4 is 30.7 Å². The van der Waals surface area contributed by atoms with Crippen LogP contribution >= 0.6 is 24.8 Å². The molecule has 0 spiro atoms. The zero-order chi connectivity index (χ0) is 13.0. The monoisotopic (exact) mass is 322 g/mol. The van der Waals surface area contributed by atoms with Crippen molar-refractivity contribution in [1.82, 2.24) is 20.2 Å². The van der Waals surface area contributed by atoms with E-state index in [1.165, 1.54) is 0 Å². The zero-order valence-corrected chi connectivity index (χ0v) is 13.6. The molecule has 1 amide bonds. The zero-order valence-electron chi connectivity index (χ0n) is 12.0. The van der Waals surface area contributed by atoms with Gasteiger partial charge in [-0.05, 0) is 32.7 Å². The van der Waals surface area contributed by atoms with Crippen LogP contribution in [-0.2, 0) is 11.3 Å². The average molecular weight is 323 g/mol. The number of nitrogens with one attached hydrogen (secondary N) is 2. The van der Waals surface area contributed by atoms with Gasteiger partial charge in [0.15, 0.2) is 0 Å². The van der Waals surface area contributed by atoms with Crippen molar-refractivity contribution in [2.75, 3.05) is 6.54 Å². The van der Waals surface area contributed by atoms with Crippen LogP contribution in [0.15, 0.2) is 18.7 Å². The maximum atomic E-state index is 12.3. The van der Waals surface area contributed by atoms with E-state index in [1.807, 2.05) is 17.7 Å². The number of hydrogen-bond donors (Lipinski definition) is 2. The van der Waals surface area contributed by atoms with Crippen LogP contribution in [0.4, 0.5) is 0 Å². The van der Waals surface area contributed by atoms with E-state index >= 15 is 0 Å². The first-order valence-electron chi connectivity index (χ1n) is 6.68. The van der Waals surface area contributed by atoms with Gasteiger partial charge in [0.1, 0.15) is 0 Å². The van der Waals surface area contributed by atoms with Gasteiger partial charge in [-0.3, -0.25) is 4.79 Å². The molecule has 1 fully saturated rings. The maximum Gasteiger partial charge on any atom is 0.240 e. The molecule has 0 bridgehead atoms. The molecule has 2 unspecified atom stereocenters.